The van der Waals surface area contributed by atoms with Crippen molar-refractivity contribution < 1.29 is 14.3 Å². The molecule has 1 amide bonds. The molecule has 0 saturated carbocycles. The first-order chi connectivity index (χ1) is 14.0. The fourth-order valence-corrected chi connectivity index (χ4v) is 2.54. The lowest BCUT2D eigenvalue weighted by atomic mass is 10.1. The lowest BCUT2D eigenvalue weighted by Gasteiger charge is -2.21. The molecule has 0 unspecified atom stereocenters. The number of rotatable bonds is 8. The van der Waals surface area contributed by atoms with Crippen molar-refractivity contribution in [3.63, 3.8) is 0 Å². The van der Waals surface area contributed by atoms with Gasteiger partial charge in [-0.15, -0.1) is 6.58 Å². The van der Waals surface area contributed by atoms with Crippen LogP contribution in [0.1, 0.15) is 5.56 Å². The van der Waals surface area contributed by atoms with Crippen LogP contribution in [0, 0.1) is 11.3 Å². The van der Waals surface area contributed by atoms with Crippen LogP contribution in [0.3, 0.4) is 0 Å². The summed E-state index contributed by atoms with van der Waals surface area (Å²) >= 11 is 0. The van der Waals surface area contributed by atoms with E-state index < -0.39 is 18.5 Å². The molecule has 0 aliphatic carbocycles. The quantitative estimate of drug-likeness (QED) is 0.299. The summed E-state index contributed by atoms with van der Waals surface area (Å²) in [7, 11) is 3.84. The molecule has 2 rings (SSSR count). The molecule has 0 radical (unpaired) electrons. The zero-order valence-corrected chi connectivity index (χ0v) is 16.5. The van der Waals surface area contributed by atoms with E-state index >= 15 is 0 Å². The molecule has 0 spiro atoms. The maximum Gasteiger partial charge on any atom is 0.349 e. The van der Waals surface area contributed by atoms with Gasteiger partial charge in [-0.1, -0.05) is 36.4 Å². The molecular weight excluding hydrogens is 366 g/mol. The van der Waals surface area contributed by atoms with Gasteiger partial charge in [-0.2, -0.15) is 5.26 Å². The second-order valence-electron chi connectivity index (χ2n) is 6.36. The predicted octanol–water partition coefficient (Wildman–Crippen LogP) is 3.42. The number of benzene rings is 2. The van der Waals surface area contributed by atoms with Gasteiger partial charge in [0.25, 0.3) is 5.91 Å². The zero-order chi connectivity index (χ0) is 21.2. The Labute approximate surface area is 170 Å². The van der Waals surface area contributed by atoms with Crippen molar-refractivity contribution in [1.82, 2.24) is 0 Å². The minimum Gasteiger partial charge on any atom is -0.451 e. The van der Waals surface area contributed by atoms with Crippen LogP contribution >= 0.6 is 0 Å². The number of esters is 1. The monoisotopic (exact) mass is 389 g/mol. The summed E-state index contributed by atoms with van der Waals surface area (Å²) in [4.78, 5) is 28.2. The van der Waals surface area contributed by atoms with Crippen LogP contribution in [0.25, 0.3) is 6.08 Å². The minimum absolute atomic E-state index is 0.176. The summed E-state index contributed by atoms with van der Waals surface area (Å²) in [5.41, 5.74) is 2.18. The normalized spacial score (nSPS) is 10.6. The highest BCUT2D eigenvalue weighted by Gasteiger charge is 2.18. The first kappa shape index (κ1) is 21.5. The summed E-state index contributed by atoms with van der Waals surface area (Å²) in [5.74, 6) is -1.25. The van der Waals surface area contributed by atoms with Gasteiger partial charge in [-0.25, -0.2) is 4.79 Å². The fraction of sp³-hybridized carbons (Fsp3) is 0.174. The number of hydrogen-bond acceptors (Lipinski definition) is 5. The number of anilines is 2. The van der Waals surface area contributed by atoms with Gasteiger partial charge in [0.2, 0.25) is 0 Å². The molecule has 2 aromatic rings. The Hall–Kier alpha value is -3.85. The summed E-state index contributed by atoms with van der Waals surface area (Å²) in [5, 5.41) is 9.30. The molecule has 0 aliphatic heterocycles. The summed E-state index contributed by atoms with van der Waals surface area (Å²) in [6.45, 7) is 3.46. The van der Waals surface area contributed by atoms with Gasteiger partial charge in [-0.05, 0) is 35.9 Å². The highest BCUT2D eigenvalue weighted by molar-refractivity contribution is 6.00. The number of carbonyl (C=O) groups is 2. The summed E-state index contributed by atoms with van der Waals surface area (Å²) in [6, 6.07) is 18.2. The van der Waals surface area contributed by atoms with Crippen LogP contribution in [0.15, 0.2) is 72.8 Å². The Kier molecular flexibility index (Phi) is 7.75. The van der Waals surface area contributed by atoms with Crippen molar-refractivity contribution in [3.8, 4) is 6.07 Å². The average molecular weight is 389 g/mol. The molecule has 0 N–H and O–H groups in total. The molecule has 29 heavy (non-hydrogen) atoms. The first-order valence-electron chi connectivity index (χ1n) is 8.99. The molecule has 0 aliphatic rings. The smallest absolute Gasteiger partial charge is 0.349 e. The Morgan fingerprint density at radius 3 is 2.28 bits per heavy atom. The van der Waals surface area contributed by atoms with Crippen LogP contribution in [0.5, 0.6) is 0 Å². The molecule has 6 heteroatoms. The van der Waals surface area contributed by atoms with E-state index in [1.807, 2.05) is 55.4 Å². The lowest BCUT2D eigenvalue weighted by Crippen LogP contribution is -2.35. The van der Waals surface area contributed by atoms with Gasteiger partial charge in [0.05, 0.1) is 0 Å². The first-order valence-corrected chi connectivity index (χ1v) is 8.99. The number of hydrogen-bond donors (Lipinski definition) is 0. The molecule has 0 fully saturated rings. The van der Waals surface area contributed by atoms with Crippen LogP contribution in [-0.4, -0.2) is 39.1 Å². The molecule has 0 bridgehead atoms. The van der Waals surface area contributed by atoms with E-state index in [2.05, 4.69) is 6.58 Å². The average Bonchev–Trinajstić information content (AvgIpc) is 2.74. The number of nitrogens with zero attached hydrogens (tertiary/aromatic N) is 3. The second-order valence-corrected chi connectivity index (χ2v) is 6.36. The molecule has 148 valence electrons. The number of carbonyl (C=O) groups excluding carboxylic acids is 2. The maximum absolute atomic E-state index is 12.5. The Morgan fingerprint density at radius 1 is 1.07 bits per heavy atom. The molecule has 0 saturated heterocycles. The predicted molar refractivity (Wildman–Crippen MR) is 114 cm³/mol. The van der Waals surface area contributed by atoms with Gasteiger partial charge in [0.15, 0.2) is 6.61 Å². The van der Waals surface area contributed by atoms with Crippen molar-refractivity contribution in [1.29, 1.82) is 5.26 Å². The number of nitriles is 1. The van der Waals surface area contributed by atoms with E-state index in [-0.39, 0.29) is 12.1 Å². The van der Waals surface area contributed by atoms with Gasteiger partial charge in [0.1, 0.15) is 11.6 Å². The fourth-order valence-electron chi connectivity index (χ4n) is 2.54. The van der Waals surface area contributed by atoms with Gasteiger partial charge < -0.3 is 14.5 Å². The number of amides is 1. The zero-order valence-electron chi connectivity index (χ0n) is 16.5. The maximum atomic E-state index is 12.5. The second kappa shape index (κ2) is 10.5. The minimum atomic E-state index is -0.843. The van der Waals surface area contributed by atoms with E-state index in [1.54, 1.807) is 30.3 Å². The lowest BCUT2D eigenvalue weighted by molar-refractivity contribution is -0.143. The Balaban J connectivity index is 2.06. The van der Waals surface area contributed by atoms with Crippen molar-refractivity contribution in [2.24, 2.45) is 0 Å². The van der Waals surface area contributed by atoms with Crippen LogP contribution in [0.2, 0.25) is 0 Å². The van der Waals surface area contributed by atoms with Crippen LogP contribution in [-0.2, 0) is 14.3 Å². The number of para-hydroxylation sites is 1. The van der Waals surface area contributed by atoms with Crippen LogP contribution < -0.4 is 9.80 Å². The van der Waals surface area contributed by atoms with E-state index in [0.717, 1.165) is 5.69 Å². The largest absolute Gasteiger partial charge is 0.451 e. The van der Waals surface area contributed by atoms with Crippen molar-refractivity contribution >= 4 is 29.3 Å². The van der Waals surface area contributed by atoms with E-state index in [9.17, 15) is 14.9 Å². The van der Waals surface area contributed by atoms with Gasteiger partial charge in [0, 0.05) is 32.0 Å². The van der Waals surface area contributed by atoms with Gasteiger partial charge in [-0.3, -0.25) is 4.79 Å². The molecule has 2 aromatic carbocycles. The molecule has 0 aromatic heterocycles. The van der Waals surface area contributed by atoms with Crippen molar-refractivity contribution in [2.45, 2.75) is 0 Å². The van der Waals surface area contributed by atoms with Crippen molar-refractivity contribution in [3.05, 3.63) is 78.4 Å². The van der Waals surface area contributed by atoms with E-state index in [0.29, 0.717) is 11.3 Å². The summed E-state index contributed by atoms with van der Waals surface area (Å²) in [6.07, 6.45) is 3.02. The SMILES string of the molecule is C=CCN(C(=O)COC(=O)/C(C#N)=C/c1ccc(N(C)C)cc1)c1ccccc1. The van der Waals surface area contributed by atoms with Gasteiger partial charge >= 0.3 is 5.97 Å². The third-order valence-electron chi connectivity index (χ3n) is 4.07. The molecule has 0 atom stereocenters. The highest BCUT2D eigenvalue weighted by Crippen LogP contribution is 2.16. The molecular formula is C23H23N3O3. The van der Waals surface area contributed by atoms with E-state index in [4.69, 9.17) is 4.74 Å². The third-order valence-corrected chi connectivity index (χ3v) is 4.07. The highest BCUT2D eigenvalue weighted by atomic mass is 16.5. The standard InChI is InChI=1S/C23H23N3O3/c1-4-14-26(21-8-6-5-7-9-21)22(27)17-29-23(28)19(16-24)15-18-10-12-20(13-11-18)25(2)3/h4-13,15H,1,14,17H2,2-3H3/b19-15+. The van der Waals surface area contributed by atoms with E-state index in [1.165, 1.54) is 11.0 Å². The summed E-state index contributed by atoms with van der Waals surface area (Å²) < 4.78 is 5.08. The molecule has 6 nitrogen and oxygen atoms in total. The Bertz CT molecular complexity index is 926. The number of ether oxygens (including phenoxy) is 1. The van der Waals surface area contributed by atoms with Crippen molar-refractivity contribution in [2.75, 3.05) is 37.0 Å². The van der Waals surface area contributed by atoms with Crippen LogP contribution in [0.4, 0.5) is 11.4 Å². The topological polar surface area (TPSA) is 73.6 Å². The molecule has 0 heterocycles. The third kappa shape index (κ3) is 6.08. The Morgan fingerprint density at radius 2 is 1.72 bits per heavy atom.